The van der Waals surface area contributed by atoms with Gasteiger partial charge in [-0.05, 0) is 30.5 Å². The maximum atomic E-state index is 10.7. The molecule has 84 valence electrons. The number of rotatable bonds is 3. The maximum Gasteiger partial charge on any atom is 0.322 e. The number of aromatic nitrogens is 1. The van der Waals surface area contributed by atoms with Crippen molar-refractivity contribution in [1.82, 2.24) is 4.57 Å². The topological polar surface area (TPSA) is 68.2 Å². The molecule has 0 aliphatic heterocycles. The Morgan fingerprint density at radius 2 is 2.25 bits per heavy atom. The molecule has 1 heterocycles. The van der Waals surface area contributed by atoms with Gasteiger partial charge in [0.05, 0.1) is 0 Å². The number of fused-ring (bicyclic) bond motifs is 1. The van der Waals surface area contributed by atoms with E-state index in [2.05, 4.69) is 6.07 Å². The average molecular weight is 218 g/mol. The van der Waals surface area contributed by atoms with Gasteiger partial charge in [0, 0.05) is 18.3 Å². The van der Waals surface area contributed by atoms with E-state index in [4.69, 9.17) is 10.8 Å². The van der Waals surface area contributed by atoms with Crippen molar-refractivity contribution in [2.24, 2.45) is 5.73 Å². The van der Waals surface area contributed by atoms with Crippen LogP contribution in [0.2, 0.25) is 0 Å². The summed E-state index contributed by atoms with van der Waals surface area (Å²) in [6.45, 7) is 2.32. The molecular formula is C12H14N2O2. The second-order valence-electron chi connectivity index (χ2n) is 3.98. The SMILES string of the molecule is Cc1ccc2c(ccn2CC(N)C(=O)O)c1. The lowest BCUT2D eigenvalue weighted by Crippen LogP contribution is -2.34. The molecule has 4 nitrogen and oxygen atoms in total. The second kappa shape index (κ2) is 3.98. The molecule has 0 amide bonds. The number of aryl methyl sites for hydroxylation is 1. The zero-order valence-corrected chi connectivity index (χ0v) is 9.05. The Hall–Kier alpha value is -1.81. The van der Waals surface area contributed by atoms with Crippen molar-refractivity contribution >= 4 is 16.9 Å². The minimum absolute atomic E-state index is 0.294. The predicted octanol–water partition coefficient (Wildman–Crippen LogP) is 1.36. The summed E-state index contributed by atoms with van der Waals surface area (Å²) in [4.78, 5) is 10.7. The van der Waals surface area contributed by atoms with Crippen LogP contribution in [-0.2, 0) is 11.3 Å². The van der Waals surface area contributed by atoms with Crippen molar-refractivity contribution in [2.75, 3.05) is 0 Å². The summed E-state index contributed by atoms with van der Waals surface area (Å²) in [6, 6.07) is 7.16. The lowest BCUT2D eigenvalue weighted by Gasteiger charge is -2.09. The van der Waals surface area contributed by atoms with Gasteiger partial charge >= 0.3 is 5.97 Å². The van der Waals surface area contributed by atoms with Crippen LogP contribution in [0.25, 0.3) is 10.9 Å². The molecule has 2 aromatic rings. The first-order chi connectivity index (χ1) is 7.58. The first kappa shape index (κ1) is 10.7. The highest BCUT2D eigenvalue weighted by atomic mass is 16.4. The summed E-state index contributed by atoms with van der Waals surface area (Å²) in [7, 11) is 0. The number of nitrogens with zero attached hydrogens (tertiary/aromatic N) is 1. The number of carboxylic acid groups (broad SMARTS) is 1. The Morgan fingerprint density at radius 3 is 2.94 bits per heavy atom. The van der Waals surface area contributed by atoms with Crippen molar-refractivity contribution < 1.29 is 9.90 Å². The molecule has 0 aliphatic rings. The maximum absolute atomic E-state index is 10.7. The molecule has 16 heavy (non-hydrogen) atoms. The quantitative estimate of drug-likeness (QED) is 0.817. The Morgan fingerprint density at radius 1 is 1.50 bits per heavy atom. The second-order valence-corrected chi connectivity index (χ2v) is 3.98. The minimum Gasteiger partial charge on any atom is -0.480 e. The Bertz CT molecular complexity index is 531. The van der Waals surface area contributed by atoms with Gasteiger partial charge in [-0.1, -0.05) is 11.6 Å². The number of aliphatic carboxylic acids is 1. The van der Waals surface area contributed by atoms with Crippen molar-refractivity contribution in [1.29, 1.82) is 0 Å². The summed E-state index contributed by atoms with van der Waals surface area (Å²) in [6.07, 6.45) is 1.87. The van der Waals surface area contributed by atoms with E-state index < -0.39 is 12.0 Å². The molecule has 0 aliphatic carbocycles. The number of nitrogens with two attached hydrogens (primary N) is 1. The minimum atomic E-state index is -0.978. The van der Waals surface area contributed by atoms with Crippen LogP contribution in [0.15, 0.2) is 30.5 Å². The average Bonchev–Trinajstić information content (AvgIpc) is 2.60. The van der Waals surface area contributed by atoms with Crippen molar-refractivity contribution in [3.8, 4) is 0 Å². The molecule has 0 fully saturated rings. The van der Waals surface area contributed by atoms with Crippen molar-refractivity contribution in [3.63, 3.8) is 0 Å². The van der Waals surface area contributed by atoms with Crippen LogP contribution in [-0.4, -0.2) is 21.7 Å². The fourth-order valence-corrected chi connectivity index (χ4v) is 1.77. The zero-order chi connectivity index (χ0) is 11.7. The highest BCUT2D eigenvalue weighted by molar-refractivity contribution is 5.81. The molecule has 0 saturated heterocycles. The van der Waals surface area contributed by atoms with Gasteiger partial charge in [-0.15, -0.1) is 0 Å². The van der Waals surface area contributed by atoms with Gasteiger partial charge in [0.1, 0.15) is 6.04 Å². The lowest BCUT2D eigenvalue weighted by molar-refractivity contribution is -0.138. The van der Waals surface area contributed by atoms with Crippen LogP contribution < -0.4 is 5.73 Å². The molecule has 0 saturated carbocycles. The molecule has 4 heteroatoms. The van der Waals surface area contributed by atoms with E-state index in [0.717, 1.165) is 10.9 Å². The van der Waals surface area contributed by atoms with Gasteiger partial charge in [0.25, 0.3) is 0 Å². The van der Waals surface area contributed by atoms with Crippen LogP contribution in [0.5, 0.6) is 0 Å². The summed E-state index contributed by atoms with van der Waals surface area (Å²) in [5.41, 5.74) is 7.71. The van der Waals surface area contributed by atoms with Crippen LogP contribution >= 0.6 is 0 Å². The molecule has 0 radical (unpaired) electrons. The Labute approximate surface area is 93.3 Å². The number of carboxylic acids is 1. The van der Waals surface area contributed by atoms with Gasteiger partial charge in [-0.3, -0.25) is 4.79 Å². The molecule has 1 unspecified atom stereocenters. The Balaban J connectivity index is 2.35. The largest absolute Gasteiger partial charge is 0.480 e. The monoisotopic (exact) mass is 218 g/mol. The molecule has 3 N–H and O–H groups in total. The summed E-state index contributed by atoms with van der Waals surface area (Å²) in [5, 5.41) is 9.87. The summed E-state index contributed by atoms with van der Waals surface area (Å²) >= 11 is 0. The van der Waals surface area contributed by atoms with Crippen molar-refractivity contribution in [2.45, 2.75) is 19.5 Å². The van der Waals surface area contributed by atoms with E-state index >= 15 is 0 Å². The third-order valence-electron chi connectivity index (χ3n) is 2.64. The fourth-order valence-electron chi connectivity index (χ4n) is 1.77. The molecule has 2 rings (SSSR count). The van der Waals surface area contributed by atoms with E-state index in [1.807, 2.05) is 35.9 Å². The van der Waals surface area contributed by atoms with Crippen LogP contribution in [0.4, 0.5) is 0 Å². The van der Waals surface area contributed by atoms with Crippen LogP contribution in [0, 0.1) is 6.92 Å². The Kier molecular flexibility index (Phi) is 2.66. The summed E-state index contributed by atoms with van der Waals surface area (Å²) < 4.78 is 1.87. The molecule has 0 spiro atoms. The third kappa shape index (κ3) is 1.92. The van der Waals surface area contributed by atoms with Gasteiger partial charge < -0.3 is 15.4 Å². The first-order valence-corrected chi connectivity index (χ1v) is 5.12. The first-order valence-electron chi connectivity index (χ1n) is 5.12. The number of carbonyl (C=O) groups is 1. The molecule has 1 atom stereocenters. The van der Waals surface area contributed by atoms with E-state index in [0.29, 0.717) is 6.54 Å². The van der Waals surface area contributed by atoms with E-state index in [-0.39, 0.29) is 0 Å². The molecule has 0 bridgehead atoms. The lowest BCUT2D eigenvalue weighted by atomic mass is 10.2. The smallest absolute Gasteiger partial charge is 0.322 e. The normalized spacial score (nSPS) is 12.9. The van der Waals surface area contributed by atoms with Crippen LogP contribution in [0.1, 0.15) is 5.56 Å². The number of hydrogen-bond acceptors (Lipinski definition) is 2. The predicted molar refractivity (Wildman–Crippen MR) is 62.3 cm³/mol. The highest BCUT2D eigenvalue weighted by Crippen LogP contribution is 2.17. The van der Waals surface area contributed by atoms with Gasteiger partial charge in [0.15, 0.2) is 0 Å². The van der Waals surface area contributed by atoms with E-state index in [9.17, 15) is 4.79 Å². The standard InChI is InChI=1S/C12H14N2O2/c1-8-2-3-11-9(6-8)4-5-14(11)7-10(13)12(15)16/h2-6,10H,7,13H2,1H3,(H,15,16). The van der Waals surface area contributed by atoms with Gasteiger partial charge in [0.2, 0.25) is 0 Å². The van der Waals surface area contributed by atoms with E-state index in [1.54, 1.807) is 0 Å². The fraction of sp³-hybridized carbons (Fsp3) is 0.250. The summed E-state index contributed by atoms with van der Waals surface area (Å²) in [5.74, 6) is -0.978. The van der Waals surface area contributed by atoms with Crippen molar-refractivity contribution in [3.05, 3.63) is 36.0 Å². The number of hydrogen-bond donors (Lipinski definition) is 2. The van der Waals surface area contributed by atoms with Gasteiger partial charge in [-0.25, -0.2) is 0 Å². The highest BCUT2D eigenvalue weighted by Gasteiger charge is 2.12. The number of benzene rings is 1. The molecular weight excluding hydrogens is 204 g/mol. The molecule has 1 aromatic carbocycles. The zero-order valence-electron chi connectivity index (χ0n) is 9.05. The van der Waals surface area contributed by atoms with Gasteiger partial charge in [-0.2, -0.15) is 0 Å². The van der Waals surface area contributed by atoms with Crippen LogP contribution in [0.3, 0.4) is 0 Å². The third-order valence-corrected chi connectivity index (χ3v) is 2.64. The van der Waals surface area contributed by atoms with E-state index in [1.165, 1.54) is 5.56 Å². The molecule has 1 aromatic heterocycles.